The highest BCUT2D eigenvalue weighted by Crippen LogP contribution is 2.30. The van der Waals surface area contributed by atoms with Crippen molar-refractivity contribution in [2.45, 2.75) is 24.5 Å². The number of nitrogens with one attached hydrogen (secondary N) is 1. The van der Waals surface area contributed by atoms with Gasteiger partial charge in [0.25, 0.3) is 5.91 Å². The molecule has 3 nitrogen and oxygen atoms in total. The van der Waals surface area contributed by atoms with Crippen molar-refractivity contribution < 1.29 is 9.53 Å². The van der Waals surface area contributed by atoms with Crippen LogP contribution in [-0.4, -0.2) is 12.5 Å². The van der Waals surface area contributed by atoms with E-state index in [4.69, 9.17) is 16.3 Å². The van der Waals surface area contributed by atoms with Crippen molar-refractivity contribution in [2.75, 3.05) is 11.9 Å². The van der Waals surface area contributed by atoms with Crippen LogP contribution in [0.15, 0.2) is 71.6 Å². The molecule has 3 aromatic carbocycles. The minimum absolute atomic E-state index is 0.130. The molecule has 0 bridgehead atoms. The number of benzene rings is 3. The molecule has 3 aromatic rings. The zero-order valence-corrected chi connectivity index (χ0v) is 17.4. The number of halogens is 1. The molecule has 144 valence electrons. The second kappa shape index (κ2) is 9.67. The van der Waals surface area contributed by atoms with Crippen LogP contribution in [0, 0.1) is 6.92 Å². The van der Waals surface area contributed by atoms with Crippen LogP contribution in [0.25, 0.3) is 0 Å². The van der Waals surface area contributed by atoms with Crippen LogP contribution < -0.4 is 10.1 Å². The number of carbonyl (C=O) groups excluding carboxylic acids is 1. The largest absolute Gasteiger partial charge is 0.494 e. The Bertz CT molecular complexity index is 957. The molecule has 3 rings (SSSR count). The molecule has 1 N–H and O–H groups in total. The smallest absolute Gasteiger partial charge is 0.255 e. The Labute approximate surface area is 175 Å². The number of para-hydroxylation sites is 1. The average molecular weight is 412 g/mol. The first-order chi connectivity index (χ1) is 13.6. The minimum Gasteiger partial charge on any atom is -0.494 e. The molecule has 0 aliphatic rings. The van der Waals surface area contributed by atoms with Gasteiger partial charge in [-0.1, -0.05) is 29.8 Å². The monoisotopic (exact) mass is 411 g/mol. The molecule has 5 heteroatoms. The van der Waals surface area contributed by atoms with Crippen molar-refractivity contribution in [2.24, 2.45) is 0 Å². The lowest BCUT2D eigenvalue weighted by Crippen LogP contribution is -2.13. The Balaban J connectivity index is 1.79. The van der Waals surface area contributed by atoms with E-state index in [1.165, 1.54) is 0 Å². The number of anilines is 1. The maximum atomic E-state index is 12.7. The molecule has 0 saturated carbocycles. The van der Waals surface area contributed by atoms with E-state index < -0.39 is 0 Å². The number of hydrogen-bond acceptors (Lipinski definition) is 3. The van der Waals surface area contributed by atoms with E-state index in [0.29, 0.717) is 22.9 Å². The summed E-state index contributed by atoms with van der Waals surface area (Å²) >= 11 is 7.63. The first kappa shape index (κ1) is 20.3. The number of carbonyl (C=O) groups is 1. The molecular formula is C23H22ClNO2S. The molecule has 0 unspecified atom stereocenters. The van der Waals surface area contributed by atoms with Crippen molar-refractivity contribution >= 4 is 35.0 Å². The fourth-order valence-corrected chi connectivity index (χ4v) is 3.73. The van der Waals surface area contributed by atoms with E-state index in [-0.39, 0.29) is 5.91 Å². The SMILES string of the molecule is CCOc1ccc(C(=O)Nc2ccccc2C)cc1CSc1ccc(Cl)cc1. The summed E-state index contributed by atoms with van der Waals surface area (Å²) in [5.74, 6) is 1.37. The van der Waals surface area contributed by atoms with Crippen LogP contribution >= 0.6 is 23.4 Å². The Kier molecular flexibility index (Phi) is 7.01. The molecule has 0 atom stereocenters. The quantitative estimate of drug-likeness (QED) is 0.445. The summed E-state index contributed by atoms with van der Waals surface area (Å²) < 4.78 is 5.75. The molecule has 0 aliphatic carbocycles. The summed E-state index contributed by atoms with van der Waals surface area (Å²) in [5, 5.41) is 3.70. The lowest BCUT2D eigenvalue weighted by molar-refractivity contribution is 0.102. The highest BCUT2D eigenvalue weighted by Gasteiger charge is 2.12. The van der Waals surface area contributed by atoms with E-state index in [2.05, 4.69) is 5.32 Å². The average Bonchev–Trinajstić information content (AvgIpc) is 2.70. The fourth-order valence-electron chi connectivity index (χ4n) is 2.73. The normalized spacial score (nSPS) is 10.5. The second-order valence-corrected chi connectivity index (χ2v) is 7.75. The van der Waals surface area contributed by atoms with Crippen LogP contribution in [0.3, 0.4) is 0 Å². The number of amides is 1. The van der Waals surface area contributed by atoms with Crippen LogP contribution in [0.4, 0.5) is 5.69 Å². The van der Waals surface area contributed by atoms with Crippen LogP contribution in [0.1, 0.15) is 28.4 Å². The molecule has 0 saturated heterocycles. The summed E-state index contributed by atoms with van der Waals surface area (Å²) in [7, 11) is 0. The maximum Gasteiger partial charge on any atom is 0.255 e. The minimum atomic E-state index is -0.130. The van der Waals surface area contributed by atoms with Crippen molar-refractivity contribution in [1.82, 2.24) is 0 Å². The topological polar surface area (TPSA) is 38.3 Å². The number of aryl methyl sites for hydroxylation is 1. The lowest BCUT2D eigenvalue weighted by Gasteiger charge is -2.13. The fraction of sp³-hybridized carbons (Fsp3) is 0.174. The van der Waals surface area contributed by atoms with Gasteiger partial charge >= 0.3 is 0 Å². The van der Waals surface area contributed by atoms with Gasteiger partial charge in [-0.15, -0.1) is 11.8 Å². The van der Waals surface area contributed by atoms with Crippen molar-refractivity contribution in [3.63, 3.8) is 0 Å². The number of rotatable bonds is 7. The zero-order valence-electron chi connectivity index (χ0n) is 15.9. The molecule has 0 aromatic heterocycles. The Morgan fingerprint density at radius 1 is 1.07 bits per heavy atom. The highest BCUT2D eigenvalue weighted by molar-refractivity contribution is 7.98. The highest BCUT2D eigenvalue weighted by atomic mass is 35.5. The maximum absolute atomic E-state index is 12.7. The van der Waals surface area contributed by atoms with Gasteiger partial charge in [0.15, 0.2) is 0 Å². The predicted octanol–water partition coefficient (Wildman–Crippen LogP) is 6.59. The molecule has 0 aliphatic heterocycles. The Morgan fingerprint density at radius 3 is 2.54 bits per heavy atom. The van der Waals surface area contributed by atoms with Crippen molar-refractivity contribution in [1.29, 1.82) is 0 Å². The second-order valence-electron chi connectivity index (χ2n) is 6.27. The van der Waals surface area contributed by atoms with Gasteiger partial charge < -0.3 is 10.1 Å². The summed E-state index contributed by atoms with van der Waals surface area (Å²) in [6.07, 6.45) is 0. The van der Waals surface area contributed by atoms with Gasteiger partial charge in [0.2, 0.25) is 0 Å². The van der Waals surface area contributed by atoms with E-state index in [1.54, 1.807) is 17.8 Å². The van der Waals surface area contributed by atoms with Crippen LogP contribution in [0.5, 0.6) is 5.75 Å². The molecule has 1 amide bonds. The summed E-state index contributed by atoms with van der Waals surface area (Å²) in [6, 6.07) is 21.0. The van der Waals surface area contributed by atoms with E-state index in [9.17, 15) is 4.79 Å². The van der Waals surface area contributed by atoms with Gasteiger partial charge in [-0.2, -0.15) is 0 Å². The third-order valence-electron chi connectivity index (χ3n) is 4.22. The van der Waals surface area contributed by atoms with E-state index in [1.807, 2.05) is 74.5 Å². The first-order valence-electron chi connectivity index (χ1n) is 9.08. The lowest BCUT2D eigenvalue weighted by atomic mass is 10.1. The molecule has 0 heterocycles. The van der Waals surface area contributed by atoms with Gasteiger partial charge in [-0.25, -0.2) is 0 Å². The number of ether oxygens (including phenoxy) is 1. The molecule has 0 radical (unpaired) electrons. The van der Waals surface area contributed by atoms with Crippen LogP contribution in [0.2, 0.25) is 5.02 Å². The van der Waals surface area contributed by atoms with Crippen molar-refractivity contribution in [3.05, 3.63) is 88.4 Å². The van der Waals surface area contributed by atoms with Gasteiger partial charge in [-0.3, -0.25) is 4.79 Å². The predicted molar refractivity (Wildman–Crippen MR) is 118 cm³/mol. The number of thioether (sulfide) groups is 1. The third kappa shape index (κ3) is 5.31. The van der Waals surface area contributed by atoms with Gasteiger partial charge in [0.05, 0.1) is 6.61 Å². The standard InChI is InChI=1S/C23H22ClNO2S/c1-3-27-22-13-8-17(23(26)25-21-7-5-4-6-16(21)2)14-18(22)15-28-20-11-9-19(24)10-12-20/h4-14H,3,15H2,1-2H3,(H,25,26). The van der Waals surface area contributed by atoms with Crippen LogP contribution in [-0.2, 0) is 5.75 Å². The zero-order chi connectivity index (χ0) is 19.9. The summed E-state index contributed by atoms with van der Waals surface area (Å²) in [5.41, 5.74) is 3.44. The van der Waals surface area contributed by atoms with E-state index in [0.717, 1.165) is 27.5 Å². The third-order valence-corrected chi connectivity index (χ3v) is 5.54. The summed E-state index contributed by atoms with van der Waals surface area (Å²) in [6.45, 7) is 4.50. The molecule has 0 spiro atoms. The van der Waals surface area contributed by atoms with Gasteiger partial charge in [-0.05, 0) is 67.9 Å². The van der Waals surface area contributed by atoms with E-state index >= 15 is 0 Å². The molecule has 0 fully saturated rings. The summed E-state index contributed by atoms with van der Waals surface area (Å²) in [4.78, 5) is 13.8. The number of hydrogen-bond donors (Lipinski definition) is 1. The molecule has 28 heavy (non-hydrogen) atoms. The Hall–Kier alpha value is -2.43. The first-order valence-corrected chi connectivity index (χ1v) is 10.4. The van der Waals surface area contributed by atoms with Gasteiger partial charge in [0, 0.05) is 32.5 Å². The molecular weight excluding hydrogens is 390 g/mol. The van der Waals surface area contributed by atoms with Crippen molar-refractivity contribution in [3.8, 4) is 5.75 Å². The van der Waals surface area contributed by atoms with Gasteiger partial charge in [0.1, 0.15) is 5.75 Å². The Morgan fingerprint density at radius 2 is 1.82 bits per heavy atom.